The SMILES string of the molecule is O=[N+]([O-])c1ccc(C2=CC(c3ccccc3)=NCCN2)cc1. The molecule has 110 valence electrons. The van der Waals surface area contributed by atoms with Gasteiger partial charge in [-0.05, 0) is 29.3 Å². The number of hydrogen-bond acceptors (Lipinski definition) is 4. The Labute approximate surface area is 128 Å². The van der Waals surface area contributed by atoms with Crippen molar-refractivity contribution in [3.8, 4) is 0 Å². The van der Waals surface area contributed by atoms with E-state index in [0.29, 0.717) is 6.54 Å². The predicted molar refractivity (Wildman–Crippen MR) is 86.9 cm³/mol. The molecular formula is C17H15N3O2. The van der Waals surface area contributed by atoms with E-state index < -0.39 is 4.92 Å². The summed E-state index contributed by atoms with van der Waals surface area (Å²) < 4.78 is 0. The third-order valence-corrected chi connectivity index (χ3v) is 3.45. The molecule has 5 nitrogen and oxygen atoms in total. The first-order valence-corrected chi connectivity index (χ1v) is 7.04. The standard InChI is InChI=1S/C17H15N3O2/c21-20(22)15-8-6-14(7-9-15)17-12-16(18-10-11-19-17)13-4-2-1-3-5-13/h1-9,12,19H,10-11H2. The number of rotatable bonds is 3. The van der Waals surface area contributed by atoms with Crippen molar-refractivity contribution in [2.24, 2.45) is 4.99 Å². The quantitative estimate of drug-likeness (QED) is 0.698. The third-order valence-electron chi connectivity index (χ3n) is 3.45. The van der Waals surface area contributed by atoms with Gasteiger partial charge in [0, 0.05) is 24.4 Å². The molecule has 1 aliphatic heterocycles. The van der Waals surface area contributed by atoms with E-state index in [1.54, 1.807) is 12.1 Å². The maximum atomic E-state index is 10.7. The molecule has 0 fully saturated rings. The van der Waals surface area contributed by atoms with Crippen LogP contribution in [0.15, 0.2) is 65.7 Å². The van der Waals surface area contributed by atoms with Crippen LogP contribution in [-0.4, -0.2) is 23.7 Å². The topological polar surface area (TPSA) is 67.5 Å². The molecule has 1 N–H and O–H groups in total. The van der Waals surface area contributed by atoms with Gasteiger partial charge in [-0.2, -0.15) is 0 Å². The summed E-state index contributed by atoms with van der Waals surface area (Å²) in [5, 5.41) is 14.1. The van der Waals surface area contributed by atoms with Crippen molar-refractivity contribution in [1.82, 2.24) is 5.32 Å². The highest BCUT2D eigenvalue weighted by molar-refractivity contribution is 6.12. The predicted octanol–water partition coefficient (Wildman–Crippen LogP) is 3.03. The Bertz CT molecular complexity index is 734. The zero-order valence-electron chi connectivity index (χ0n) is 11.9. The van der Waals surface area contributed by atoms with E-state index in [0.717, 1.165) is 29.1 Å². The van der Waals surface area contributed by atoms with E-state index in [-0.39, 0.29) is 5.69 Å². The molecule has 0 radical (unpaired) electrons. The average molecular weight is 293 g/mol. The number of nitro benzene ring substituents is 1. The number of aliphatic imine (C=N–C) groups is 1. The summed E-state index contributed by atoms with van der Waals surface area (Å²) in [6.07, 6.45) is 1.99. The summed E-state index contributed by atoms with van der Waals surface area (Å²) in [7, 11) is 0. The Morgan fingerprint density at radius 1 is 1.00 bits per heavy atom. The Kier molecular flexibility index (Phi) is 3.96. The van der Waals surface area contributed by atoms with Gasteiger partial charge in [0.1, 0.15) is 0 Å². The highest BCUT2D eigenvalue weighted by atomic mass is 16.6. The number of nitrogens with one attached hydrogen (secondary N) is 1. The Morgan fingerprint density at radius 2 is 1.73 bits per heavy atom. The van der Waals surface area contributed by atoms with Crippen LogP contribution in [-0.2, 0) is 0 Å². The number of non-ortho nitro benzene ring substituents is 1. The van der Waals surface area contributed by atoms with E-state index in [9.17, 15) is 10.1 Å². The van der Waals surface area contributed by atoms with E-state index in [2.05, 4.69) is 10.3 Å². The number of nitrogens with zero attached hydrogens (tertiary/aromatic N) is 2. The number of nitro groups is 1. The van der Waals surface area contributed by atoms with E-state index >= 15 is 0 Å². The van der Waals surface area contributed by atoms with Gasteiger partial charge >= 0.3 is 0 Å². The maximum absolute atomic E-state index is 10.7. The molecule has 0 aliphatic carbocycles. The largest absolute Gasteiger partial charge is 0.383 e. The highest BCUT2D eigenvalue weighted by Gasteiger charge is 2.10. The minimum atomic E-state index is -0.393. The lowest BCUT2D eigenvalue weighted by Gasteiger charge is -2.08. The fourth-order valence-corrected chi connectivity index (χ4v) is 2.33. The minimum Gasteiger partial charge on any atom is -0.383 e. The van der Waals surface area contributed by atoms with Crippen molar-refractivity contribution in [3.05, 3.63) is 81.9 Å². The van der Waals surface area contributed by atoms with Crippen molar-refractivity contribution in [2.75, 3.05) is 13.1 Å². The second kappa shape index (κ2) is 6.22. The zero-order valence-corrected chi connectivity index (χ0v) is 11.9. The lowest BCUT2D eigenvalue weighted by molar-refractivity contribution is -0.384. The van der Waals surface area contributed by atoms with Gasteiger partial charge in [-0.3, -0.25) is 15.1 Å². The van der Waals surface area contributed by atoms with Gasteiger partial charge < -0.3 is 5.32 Å². The van der Waals surface area contributed by atoms with E-state index in [1.165, 1.54) is 12.1 Å². The van der Waals surface area contributed by atoms with E-state index in [1.807, 2.05) is 36.4 Å². The van der Waals surface area contributed by atoms with Crippen LogP contribution in [0, 0.1) is 10.1 Å². The molecule has 0 atom stereocenters. The van der Waals surface area contributed by atoms with Crippen molar-refractivity contribution in [3.63, 3.8) is 0 Å². The number of benzene rings is 2. The van der Waals surface area contributed by atoms with Crippen LogP contribution in [0.5, 0.6) is 0 Å². The first-order chi connectivity index (χ1) is 10.7. The van der Waals surface area contributed by atoms with Crippen LogP contribution in [0.25, 0.3) is 5.70 Å². The van der Waals surface area contributed by atoms with E-state index in [4.69, 9.17) is 0 Å². The third kappa shape index (κ3) is 3.03. The molecule has 1 aliphatic rings. The van der Waals surface area contributed by atoms with Gasteiger partial charge in [-0.15, -0.1) is 0 Å². The van der Waals surface area contributed by atoms with Crippen molar-refractivity contribution >= 4 is 17.1 Å². The Hall–Kier alpha value is -2.95. The fourth-order valence-electron chi connectivity index (χ4n) is 2.33. The Morgan fingerprint density at radius 3 is 2.41 bits per heavy atom. The molecule has 0 spiro atoms. The molecule has 1 heterocycles. The molecule has 5 heteroatoms. The average Bonchev–Trinajstić information content (AvgIpc) is 2.82. The molecule has 0 saturated carbocycles. The lowest BCUT2D eigenvalue weighted by atomic mass is 10.1. The fraction of sp³-hybridized carbons (Fsp3) is 0.118. The summed E-state index contributed by atoms with van der Waals surface area (Å²) in [4.78, 5) is 14.9. The van der Waals surface area contributed by atoms with Crippen molar-refractivity contribution < 1.29 is 4.92 Å². The molecule has 22 heavy (non-hydrogen) atoms. The molecule has 0 bridgehead atoms. The smallest absolute Gasteiger partial charge is 0.269 e. The van der Waals surface area contributed by atoms with Crippen LogP contribution in [0.3, 0.4) is 0 Å². The maximum Gasteiger partial charge on any atom is 0.269 e. The molecule has 0 saturated heterocycles. The van der Waals surface area contributed by atoms with Crippen LogP contribution in [0.1, 0.15) is 11.1 Å². The van der Waals surface area contributed by atoms with Crippen molar-refractivity contribution in [1.29, 1.82) is 0 Å². The molecular weight excluding hydrogens is 278 g/mol. The second-order valence-electron chi connectivity index (χ2n) is 4.92. The molecule has 2 aromatic carbocycles. The number of hydrogen-bond donors (Lipinski definition) is 1. The molecule has 3 rings (SSSR count). The summed E-state index contributed by atoms with van der Waals surface area (Å²) >= 11 is 0. The van der Waals surface area contributed by atoms with Gasteiger partial charge in [0.2, 0.25) is 0 Å². The molecule has 2 aromatic rings. The van der Waals surface area contributed by atoms with Gasteiger partial charge in [0.25, 0.3) is 5.69 Å². The number of allylic oxidation sites excluding steroid dienone is 1. The van der Waals surface area contributed by atoms with Gasteiger partial charge in [-0.1, -0.05) is 30.3 Å². The van der Waals surface area contributed by atoms with Crippen LogP contribution < -0.4 is 5.32 Å². The molecule has 0 aromatic heterocycles. The summed E-state index contributed by atoms with van der Waals surface area (Å²) in [5.74, 6) is 0. The lowest BCUT2D eigenvalue weighted by Crippen LogP contribution is -2.14. The molecule has 0 amide bonds. The summed E-state index contributed by atoms with van der Waals surface area (Å²) in [5.41, 5.74) is 3.91. The highest BCUT2D eigenvalue weighted by Crippen LogP contribution is 2.19. The van der Waals surface area contributed by atoms with Crippen LogP contribution in [0.4, 0.5) is 5.69 Å². The van der Waals surface area contributed by atoms with Gasteiger partial charge in [0.15, 0.2) is 0 Å². The van der Waals surface area contributed by atoms with Crippen LogP contribution >= 0.6 is 0 Å². The van der Waals surface area contributed by atoms with Crippen LogP contribution in [0.2, 0.25) is 0 Å². The minimum absolute atomic E-state index is 0.0925. The molecule has 0 unspecified atom stereocenters. The first kappa shape index (κ1) is 14.0. The second-order valence-corrected chi connectivity index (χ2v) is 4.92. The monoisotopic (exact) mass is 293 g/mol. The first-order valence-electron chi connectivity index (χ1n) is 7.04. The van der Waals surface area contributed by atoms with Gasteiger partial charge in [0.05, 0.1) is 17.2 Å². The van der Waals surface area contributed by atoms with Gasteiger partial charge in [-0.25, -0.2) is 0 Å². The normalized spacial score (nSPS) is 14.4. The summed E-state index contributed by atoms with van der Waals surface area (Å²) in [6.45, 7) is 1.43. The summed E-state index contributed by atoms with van der Waals surface area (Å²) in [6, 6.07) is 16.5. The Balaban J connectivity index is 1.94. The van der Waals surface area contributed by atoms with Crippen molar-refractivity contribution in [2.45, 2.75) is 0 Å². The zero-order chi connectivity index (χ0) is 15.4.